The number of carbonyl (C=O) groups excluding carboxylic acids is 1. The van der Waals surface area contributed by atoms with Gasteiger partial charge in [0.25, 0.3) is 0 Å². The molecule has 1 aromatic heterocycles. The number of nitrogens with zero attached hydrogens (tertiary/aromatic N) is 1. The Labute approximate surface area is 117 Å². The smallest absolute Gasteiger partial charge is 0.193 e. The van der Waals surface area contributed by atoms with Gasteiger partial charge in [0, 0.05) is 17.2 Å². The standard InChI is InChI=1S/C13H11BrFNOS/c1-16(10-4-2-3-9(15)7-10)8-12(17)13-11(14)5-6-18-13/h2-7H,8H2,1H3. The highest BCUT2D eigenvalue weighted by atomic mass is 79.9. The van der Waals surface area contributed by atoms with E-state index in [2.05, 4.69) is 15.9 Å². The van der Waals surface area contributed by atoms with Crippen molar-refractivity contribution >= 4 is 38.7 Å². The van der Waals surface area contributed by atoms with E-state index in [1.165, 1.54) is 23.5 Å². The molecule has 2 aromatic rings. The van der Waals surface area contributed by atoms with Crippen molar-refractivity contribution in [2.24, 2.45) is 0 Å². The first-order chi connectivity index (χ1) is 8.58. The fraction of sp³-hybridized carbons (Fsp3) is 0.154. The molecule has 0 bridgehead atoms. The topological polar surface area (TPSA) is 20.3 Å². The van der Waals surface area contributed by atoms with E-state index in [0.717, 1.165) is 4.47 Å². The molecule has 0 saturated heterocycles. The van der Waals surface area contributed by atoms with Crippen molar-refractivity contribution in [3.63, 3.8) is 0 Å². The lowest BCUT2D eigenvalue weighted by Gasteiger charge is -2.18. The molecule has 0 fully saturated rings. The molecule has 0 radical (unpaired) electrons. The summed E-state index contributed by atoms with van der Waals surface area (Å²) in [4.78, 5) is 14.5. The number of anilines is 1. The molecule has 2 nitrogen and oxygen atoms in total. The quantitative estimate of drug-likeness (QED) is 0.792. The van der Waals surface area contributed by atoms with E-state index in [4.69, 9.17) is 0 Å². The minimum atomic E-state index is -0.302. The van der Waals surface area contributed by atoms with E-state index in [9.17, 15) is 9.18 Å². The maximum absolute atomic E-state index is 13.1. The zero-order valence-corrected chi connectivity index (χ0v) is 12.1. The first-order valence-electron chi connectivity index (χ1n) is 5.31. The van der Waals surface area contributed by atoms with Gasteiger partial charge in [-0.25, -0.2) is 4.39 Å². The summed E-state index contributed by atoms with van der Waals surface area (Å²) in [5, 5.41) is 1.86. The summed E-state index contributed by atoms with van der Waals surface area (Å²) in [5.41, 5.74) is 0.691. The summed E-state index contributed by atoms with van der Waals surface area (Å²) in [6.07, 6.45) is 0. The van der Waals surface area contributed by atoms with Crippen LogP contribution in [0.25, 0.3) is 0 Å². The molecule has 0 saturated carbocycles. The van der Waals surface area contributed by atoms with Gasteiger partial charge in [-0.2, -0.15) is 0 Å². The number of carbonyl (C=O) groups is 1. The Morgan fingerprint density at radius 2 is 2.22 bits per heavy atom. The third-order valence-corrected chi connectivity index (χ3v) is 4.38. The molecule has 0 aliphatic rings. The average molecular weight is 328 g/mol. The third kappa shape index (κ3) is 2.97. The van der Waals surface area contributed by atoms with Gasteiger partial charge < -0.3 is 4.90 Å². The first-order valence-corrected chi connectivity index (χ1v) is 6.98. The van der Waals surface area contributed by atoms with Gasteiger partial charge in [-0.1, -0.05) is 6.07 Å². The molecule has 5 heteroatoms. The number of benzene rings is 1. The highest BCUT2D eigenvalue weighted by Crippen LogP contribution is 2.24. The lowest BCUT2D eigenvalue weighted by atomic mass is 10.2. The second-order valence-electron chi connectivity index (χ2n) is 3.86. The fourth-order valence-electron chi connectivity index (χ4n) is 1.58. The number of ketones is 1. The molecule has 18 heavy (non-hydrogen) atoms. The van der Waals surface area contributed by atoms with Gasteiger partial charge in [-0.3, -0.25) is 4.79 Å². The van der Waals surface area contributed by atoms with Gasteiger partial charge in [-0.15, -0.1) is 11.3 Å². The van der Waals surface area contributed by atoms with E-state index >= 15 is 0 Å². The molecule has 1 heterocycles. The van der Waals surface area contributed by atoms with Crippen LogP contribution in [0.3, 0.4) is 0 Å². The summed E-state index contributed by atoms with van der Waals surface area (Å²) in [6, 6.07) is 8.05. The van der Waals surface area contributed by atoms with Crippen LogP contribution in [0.15, 0.2) is 40.2 Å². The molecular formula is C13H11BrFNOS. The van der Waals surface area contributed by atoms with Gasteiger partial charge in [0.1, 0.15) is 5.82 Å². The molecule has 2 rings (SSSR count). The number of halogens is 2. The molecule has 0 N–H and O–H groups in total. The van der Waals surface area contributed by atoms with Gasteiger partial charge in [0.05, 0.1) is 11.4 Å². The van der Waals surface area contributed by atoms with Gasteiger partial charge >= 0.3 is 0 Å². The van der Waals surface area contributed by atoms with Gasteiger partial charge in [0.2, 0.25) is 0 Å². The number of Topliss-reactive ketones (excluding diaryl/α,β-unsaturated/α-hetero) is 1. The molecule has 0 amide bonds. The molecule has 0 aliphatic heterocycles. The molecular weight excluding hydrogens is 317 g/mol. The first kappa shape index (κ1) is 13.2. The number of rotatable bonds is 4. The van der Waals surface area contributed by atoms with Crippen molar-refractivity contribution < 1.29 is 9.18 Å². The van der Waals surface area contributed by atoms with Crippen LogP contribution in [-0.4, -0.2) is 19.4 Å². The average Bonchev–Trinajstić information content (AvgIpc) is 2.75. The molecule has 94 valence electrons. The van der Waals surface area contributed by atoms with Crippen molar-refractivity contribution in [3.05, 3.63) is 50.9 Å². The summed E-state index contributed by atoms with van der Waals surface area (Å²) in [7, 11) is 1.77. The predicted molar refractivity (Wildman–Crippen MR) is 76.0 cm³/mol. The Balaban J connectivity index is 2.10. The number of hydrogen-bond donors (Lipinski definition) is 0. The van der Waals surface area contributed by atoms with E-state index in [0.29, 0.717) is 10.6 Å². The predicted octanol–water partition coefficient (Wildman–Crippen LogP) is 3.97. The van der Waals surface area contributed by atoms with Crippen LogP contribution in [0.1, 0.15) is 9.67 Å². The lowest BCUT2D eigenvalue weighted by molar-refractivity contribution is 0.100. The van der Waals surface area contributed by atoms with Crippen LogP contribution >= 0.6 is 27.3 Å². The molecule has 0 spiro atoms. The van der Waals surface area contributed by atoms with E-state index in [-0.39, 0.29) is 18.1 Å². The number of thiophene rings is 1. The van der Waals surface area contributed by atoms with Crippen molar-refractivity contribution in [3.8, 4) is 0 Å². The number of likely N-dealkylation sites (N-methyl/N-ethyl adjacent to an activating group) is 1. The highest BCUT2D eigenvalue weighted by Gasteiger charge is 2.14. The van der Waals surface area contributed by atoms with E-state index < -0.39 is 0 Å². The summed E-state index contributed by atoms with van der Waals surface area (Å²) in [6.45, 7) is 0.225. The highest BCUT2D eigenvalue weighted by molar-refractivity contribution is 9.10. The summed E-state index contributed by atoms with van der Waals surface area (Å²) in [5.74, 6) is -0.285. The Bertz CT molecular complexity index is 570. The molecule has 0 aliphatic carbocycles. The van der Waals surface area contributed by atoms with Crippen molar-refractivity contribution in [2.45, 2.75) is 0 Å². The van der Waals surface area contributed by atoms with Crippen molar-refractivity contribution in [2.75, 3.05) is 18.5 Å². The summed E-state index contributed by atoms with van der Waals surface area (Å²) >= 11 is 4.74. The third-order valence-electron chi connectivity index (χ3n) is 2.50. The minimum Gasteiger partial charge on any atom is -0.367 e. The SMILES string of the molecule is CN(CC(=O)c1sccc1Br)c1cccc(F)c1. The second-order valence-corrected chi connectivity index (χ2v) is 5.63. The number of hydrogen-bond acceptors (Lipinski definition) is 3. The van der Waals surface area contributed by atoms with Crippen molar-refractivity contribution in [1.29, 1.82) is 0 Å². The zero-order valence-electron chi connectivity index (χ0n) is 9.69. The molecule has 0 atom stereocenters. The maximum atomic E-state index is 13.1. The second kappa shape index (κ2) is 5.63. The normalized spacial score (nSPS) is 10.4. The largest absolute Gasteiger partial charge is 0.367 e. The Morgan fingerprint density at radius 3 is 2.83 bits per heavy atom. The maximum Gasteiger partial charge on any atom is 0.193 e. The fourth-order valence-corrected chi connectivity index (χ4v) is 3.11. The van der Waals surface area contributed by atoms with Gasteiger partial charge in [0.15, 0.2) is 5.78 Å². The van der Waals surface area contributed by atoms with Crippen LogP contribution in [0, 0.1) is 5.82 Å². The molecule has 0 unspecified atom stereocenters. The minimum absolute atomic E-state index is 0.0173. The van der Waals surface area contributed by atoms with E-state index in [1.807, 2.05) is 11.4 Å². The van der Waals surface area contributed by atoms with Crippen LogP contribution in [-0.2, 0) is 0 Å². The van der Waals surface area contributed by atoms with Crippen molar-refractivity contribution in [1.82, 2.24) is 0 Å². The van der Waals surface area contributed by atoms with Crippen LogP contribution in [0.4, 0.5) is 10.1 Å². The monoisotopic (exact) mass is 327 g/mol. The lowest BCUT2D eigenvalue weighted by Crippen LogP contribution is -2.25. The van der Waals surface area contributed by atoms with Crippen LogP contribution in [0.5, 0.6) is 0 Å². The van der Waals surface area contributed by atoms with Crippen LogP contribution in [0.2, 0.25) is 0 Å². The van der Waals surface area contributed by atoms with Crippen LogP contribution < -0.4 is 4.90 Å². The Morgan fingerprint density at radius 1 is 1.44 bits per heavy atom. The van der Waals surface area contributed by atoms with Gasteiger partial charge in [-0.05, 0) is 45.6 Å². The Hall–Kier alpha value is -1.20. The zero-order chi connectivity index (χ0) is 13.1. The van der Waals surface area contributed by atoms with E-state index in [1.54, 1.807) is 24.1 Å². The Kier molecular flexibility index (Phi) is 4.14. The molecule has 1 aromatic carbocycles. The summed E-state index contributed by atoms with van der Waals surface area (Å²) < 4.78 is 13.9.